The molecule has 0 saturated heterocycles. The second kappa shape index (κ2) is 7.01. The lowest BCUT2D eigenvalue weighted by atomic mass is 10.3. The number of nitrogens with one attached hydrogen (secondary N) is 1. The van der Waals surface area contributed by atoms with E-state index >= 15 is 0 Å². The average molecular weight is 240 g/mol. The van der Waals surface area contributed by atoms with Crippen molar-refractivity contribution in [2.75, 3.05) is 19.6 Å². The van der Waals surface area contributed by atoms with Crippen LogP contribution in [0.15, 0.2) is 6.20 Å². The van der Waals surface area contributed by atoms with Crippen LogP contribution in [0.4, 0.5) is 0 Å². The molecule has 1 aromatic heterocycles. The molecule has 0 aliphatic carbocycles. The fourth-order valence-corrected chi connectivity index (χ4v) is 1.86. The lowest BCUT2D eigenvalue weighted by Crippen LogP contribution is -3.12. The lowest BCUT2D eigenvalue weighted by molar-refractivity contribution is -0.900. The van der Waals surface area contributed by atoms with E-state index in [1.54, 1.807) is 4.68 Å². The van der Waals surface area contributed by atoms with Crippen molar-refractivity contribution < 1.29 is 14.8 Å². The van der Waals surface area contributed by atoms with Crippen LogP contribution in [0.5, 0.6) is 0 Å². The van der Waals surface area contributed by atoms with E-state index in [1.165, 1.54) is 11.1 Å². The molecule has 0 atom stereocenters. The van der Waals surface area contributed by atoms with Gasteiger partial charge in [-0.3, -0.25) is 0 Å². The van der Waals surface area contributed by atoms with Gasteiger partial charge in [-0.05, 0) is 12.8 Å². The molecule has 0 saturated carbocycles. The largest absolute Gasteiger partial charge is 0.543 e. The summed E-state index contributed by atoms with van der Waals surface area (Å²) in [6, 6.07) is 0. The average Bonchev–Trinajstić information content (AvgIpc) is 2.75. The third-order valence-electron chi connectivity index (χ3n) is 2.65. The molecule has 96 valence electrons. The van der Waals surface area contributed by atoms with Gasteiger partial charge in [-0.25, -0.2) is 4.68 Å². The molecule has 6 nitrogen and oxygen atoms in total. The summed E-state index contributed by atoms with van der Waals surface area (Å²) in [7, 11) is 0. The molecule has 0 radical (unpaired) electrons. The fraction of sp³-hybridized carbons (Fsp3) is 0.727. The number of rotatable bonds is 8. The van der Waals surface area contributed by atoms with Crippen LogP contribution in [0, 0.1) is 0 Å². The molecular formula is C11H20N4O2. The third-order valence-corrected chi connectivity index (χ3v) is 2.65. The molecule has 6 heteroatoms. The van der Waals surface area contributed by atoms with Gasteiger partial charge >= 0.3 is 0 Å². The second-order valence-electron chi connectivity index (χ2n) is 4.15. The van der Waals surface area contributed by atoms with Crippen LogP contribution < -0.4 is 10.0 Å². The van der Waals surface area contributed by atoms with E-state index in [1.807, 2.05) is 0 Å². The Morgan fingerprint density at radius 1 is 1.35 bits per heavy atom. The molecule has 0 fully saturated rings. The fourth-order valence-electron chi connectivity index (χ4n) is 1.86. The number of carbonyl (C=O) groups is 1. The molecule has 1 N–H and O–H groups in total. The Kier molecular flexibility index (Phi) is 5.62. The number of hydrogen-bond acceptors (Lipinski definition) is 4. The van der Waals surface area contributed by atoms with E-state index in [9.17, 15) is 9.90 Å². The molecule has 0 aliphatic heterocycles. The van der Waals surface area contributed by atoms with Gasteiger partial charge in [-0.1, -0.05) is 19.1 Å². The van der Waals surface area contributed by atoms with Crippen LogP contribution in [-0.4, -0.2) is 40.6 Å². The van der Waals surface area contributed by atoms with Crippen molar-refractivity contribution in [3.63, 3.8) is 0 Å². The standard InChI is InChI=1S/C11H20N4O2/c1-3-5-14(6-4-2)7-8-15-9-10(11(16)17)12-13-15/h9H,3-8H2,1-2H3,(H,16,17). The molecule has 0 amide bonds. The first-order chi connectivity index (χ1) is 8.17. The third kappa shape index (κ3) is 4.52. The van der Waals surface area contributed by atoms with Gasteiger partial charge in [-0.2, -0.15) is 0 Å². The van der Waals surface area contributed by atoms with E-state index in [0.29, 0.717) is 6.54 Å². The van der Waals surface area contributed by atoms with Crippen molar-refractivity contribution in [3.05, 3.63) is 11.9 Å². The predicted octanol–water partition coefficient (Wildman–Crippen LogP) is -1.65. The van der Waals surface area contributed by atoms with Crippen LogP contribution >= 0.6 is 0 Å². The summed E-state index contributed by atoms with van der Waals surface area (Å²) in [4.78, 5) is 12.0. The quantitative estimate of drug-likeness (QED) is 0.590. The Morgan fingerprint density at radius 2 is 2.00 bits per heavy atom. The molecule has 1 rings (SSSR count). The molecule has 0 unspecified atom stereocenters. The highest BCUT2D eigenvalue weighted by atomic mass is 16.4. The Labute approximate surface area is 101 Å². The number of carboxylic acids is 1. The van der Waals surface area contributed by atoms with E-state index in [0.717, 1.165) is 32.5 Å². The van der Waals surface area contributed by atoms with Gasteiger partial charge in [0.1, 0.15) is 5.69 Å². The van der Waals surface area contributed by atoms with Crippen molar-refractivity contribution in [2.45, 2.75) is 33.2 Å². The van der Waals surface area contributed by atoms with Gasteiger partial charge in [-0.15, -0.1) is 5.10 Å². The highest BCUT2D eigenvalue weighted by molar-refractivity contribution is 5.82. The molecule has 0 aliphatic rings. The number of hydrogen-bond donors (Lipinski definition) is 1. The summed E-state index contributed by atoms with van der Waals surface area (Å²) in [5.74, 6) is -1.28. The van der Waals surface area contributed by atoms with E-state index in [-0.39, 0.29) is 5.69 Å². The van der Waals surface area contributed by atoms with Crippen LogP contribution in [0.25, 0.3) is 0 Å². The maximum Gasteiger partial charge on any atom is 0.128 e. The normalized spacial score (nSPS) is 11.0. The minimum atomic E-state index is -1.28. The van der Waals surface area contributed by atoms with E-state index in [2.05, 4.69) is 24.2 Å². The van der Waals surface area contributed by atoms with Crippen molar-refractivity contribution in [1.29, 1.82) is 0 Å². The highest BCUT2D eigenvalue weighted by Gasteiger charge is 2.07. The summed E-state index contributed by atoms with van der Waals surface area (Å²) < 4.78 is 1.57. The zero-order chi connectivity index (χ0) is 12.7. The number of nitrogens with zero attached hydrogens (tertiary/aromatic N) is 3. The SMILES string of the molecule is CCC[NH+](CCC)CCn1cc(C(=O)[O-])nn1. The molecule has 1 heterocycles. The summed E-state index contributed by atoms with van der Waals surface area (Å²) in [6.07, 6.45) is 3.72. The monoisotopic (exact) mass is 240 g/mol. The zero-order valence-electron chi connectivity index (χ0n) is 10.5. The van der Waals surface area contributed by atoms with Gasteiger partial charge in [0.15, 0.2) is 0 Å². The number of quaternary nitrogens is 1. The van der Waals surface area contributed by atoms with Gasteiger partial charge in [0.2, 0.25) is 0 Å². The number of carboxylic acid groups (broad SMARTS) is 1. The number of carbonyl (C=O) groups excluding carboxylic acids is 1. The van der Waals surface area contributed by atoms with Gasteiger partial charge < -0.3 is 14.8 Å². The first-order valence-electron chi connectivity index (χ1n) is 6.12. The molecule has 0 spiro atoms. The summed E-state index contributed by atoms with van der Waals surface area (Å²) in [5.41, 5.74) is -0.0995. The zero-order valence-corrected chi connectivity index (χ0v) is 10.5. The Hall–Kier alpha value is -1.43. The van der Waals surface area contributed by atoms with Crippen LogP contribution in [-0.2, 0) is 6.54 Å². The molecule has 0 bridgehead atoms. The Morgan fingerprint density at radius 3 is 2.47 bits per heavy atom. The molecule has 17 heavy (non-hydrogen) atoms. The van der Waals surface area contributed by atoms with Crippen molar-refractivity contribution in [2.24, 2.45) is 0 Å². The topological polar surface area (TPSA) is 75.3 Å². The van der Waals surface area contributed by atoms with Crippen LogP contribution in [0.3, 0.4) is 0 Å². The maximum atomic E-state index is 10.5. The summed E-state index contributed by atoms with van der Waals surface area (Å²) in [5, 5.41) is 17.8. The number of aromatic nitrogens is 3. The lowest BCUT2D eigenvalue weighted by Gasteiger charge is -2.17. The Bertz CT molecular complexity index is 345. The van der Waals surface area contributed by atoms with Crippen molar-refractivity contribution in [1.82, 2.24) is 15.0 Å². The first-order valence-corrected chi connectivity index (χ1v) is 6.12. The summed E-state index contributed by atoms with van der Waals surface area (Å²) in [6.45, 7) is 8.23. The predicted molar refractivity (Wildman–Crippen MR) is 60.5 cm³/mol. The van der Waals surface area contributed by atoms with Crippen molar-refractivity contribution in [3.8, 4) is 0 Å². The first kappa shape index (κ1) is 13.6. The minimum Gasteiger partial charge on any atom is -0.543 e. The van der Waals surface area contributed by atoms with E-state index in [4.69, 9.17) is 0 Å². The van der Waals surface area contributed by atoms with Gasteiger partial charge in [0.25, 0.3) is 0 Å². The Balaban J connectivity index is 2.44. The second-order valence-corrected chi connectivity index (χ2v) is 4.15. The van der Waals surface area contributed by atoms with Crippen LogP contribution in [0.1, 0.15) is 37.2 Å². The molecular weight excluding hydrogens is 220 g/mol. The number of aromatic carboxylic acids is 1. The smallest absolute Gasteiger partial charge is 0.128 e. The van der Waals surface area contributed by atoms with Gasteiger partial charge in [0, 0.05) is 0 Å². The maximum absolute atomic E-state index is 10.5. The van der Waals surface area contributed by atoms with Gasteiger partial charge in [0.05, 0.1) is 38.3 Å². The van der Waals surface area contributed by atoms with Crippen molar-refractivity contribution >= 4 is 5.97 Å². The van der Waals surface area contributed by atoms with Crippen LogP contribution in [0.2, 0.25) is 0 Å². The minimum absolute atomic E-state index is 0.0995. The van der Waals surface area contributed by atoms with E-state index < -0.39 is 5.97 Å². The molecule has 1 aromatic rings. The highest BCUT2D eigenvalue weighted by Crippen LogP contribution is 1.89. The molecule has 0 aromatic carbocycles. The summed E-state index contributed by atoms with van der Waals surface area (Å²) >= 11 is 0.